The Balaban J connectivity index is 1.51. The molecule has 0 spiro atoms. The Morgan fingerprint density at radius 1 is 0.792 bits per heavy atom. The van der Waals surface area contributed by atoms with E-state index in [0.717, 1.165) is 23.3 Å². The smallest absolute Gasteiger partial charge is 0.416 e. The van der Waals surface area contributed by atoms with Gasteiger partial charge in [0.05, 0.1) is 24.8 Å². The number of nitrogens with one attached hydrogen (secondary N) is 3. The van der Waals surface area contributed by atoms with Crippen LogP contribution in [0.2, 0.25) is 0 Å². The number of carboxylic acids is 1. The molecule has 0 bridgehead atoms. The molecule has 5 rings (SSSR count). The van der Waals surface area contributed by atoms with Crippen LogP contribution in [0.5, 0.6) is 5.75 Å². The van der Waals surface area contributed by atoms with Crippen LogP contribution in [-0.2, 0) is 17.5 Å². The number of halogens is 3. The maximum Gasteiger partial charge on any atom is 0.416 e. The van der Waals surface area contributed by atoms with Gasteiger partial charge in [0, 0.05) is 24.3 Å². The molecule has 0 aliphatic rings. The van der Waals surface area contributed by atoms with Crippen molar-refractivity contribution in [1.82, 2.24) is 15.0 Å². The molecule has 4 aromatic carbocycles. The highest BCUT2D eigenvalue weighted by atomic mass is 19.4. The monoisotopic (exact) mass is 657 g/mol. The van der Waals surface area contributed by atoms with Gasteiger partial charge in [-0.25, -0.2) is 4.79 Å². The largest absolute Gasteiger partial charge is 0.495 e. The van der Waals surface area contributed by atoms with E-state index in [1.807, 2.05) is 54.6 Å². The van der Waals surface area contributed by atoms with Crippen molar-refractivity contribution in [2.24, 2.45) is 0 Å². The number of methoxy groups -OCH3 is 1. The number of ether oxygens (including phenoxy) is 1. The third-order valence-corrected chi connectivity index (χ3v) is 7.00. The standard InChI is InChI=1S/C34H30F3N7O4/c1-48-28-14-8-7-13-27(28)39-33(47)43-31-40-30(38-26-12-6-5-11-25(26)23-9-3-2-4-10-23)41-32(42-31)44(20-19-29(45)46)21-22-15-17-24(18-16-22)34(35,36)37/h2-18H,19-21H2,1H3,(H,45,46)(H3,38,39,40,41,42,43,47). The molecule has 0 unspecified atom stereocenters. The van der Waals surface area contributed by atoms with Gasteiger partial charge in [0.1, 0.15) is 5.75 Å². The molecule has 246 valence electrons. The van der Waals surface area contributed by atoms with Gasteiger partial charge in [-0.15, -0.1) is 0 Å². The Hall–Kier alpha value is -6.18. The lowest BCUT2D eigenvalue weighted by Crippen LogP contribution is -2.29. The summed E-state index contributed by atoms with van der Waals surface area (Å²) in [6, 6.07) is 27.5. The van der Waals surface area contributed by atoms with Crippen LogP contribution in [0.3, 0.4) is 0 Å². The first-order valence-corrected chi connectivity index (χ1v) is 14.6. The topological polar surface area (TPSA) is 142 Å². The van der Waals surface area contributed by atoms with Crippen LogP contribution in [0.4, 0.5) is 47.2 Å². The van der Waals surface area contributed by atoms with Crippen LogP contribution in [0.25, 0.3) is 11.1 Å². The number of carbonyl (C=O) groups is 2. The summed E-state index contributed by atoms with van der Waals surface area (Å²) in [5.41, 5.74) is 2.38. The summed E-state index contributed by atoms with van der Waals surface area (Å²) >= 11 is 0. The van der Waals surface area contributed by atoms with Crippen molar-refractivity contribution < 1.29 is 32.6 Å². The minimum absolute atomic E-state index is 0.0173. The van der Waals surface area contributed by atoms with Crippen molar-refractivity contribution >= 4 is 41.2 Å². The minimum Gasteiger partial charge on any atom is -0.495 e. The molecule has 4 N–H and O–H groups in total. The number of para-hydroxylation sites is 3. The third-order valence-electron chi connectivity index (χ3n) is 7.00. The van der Waals surface area contributed by atoms with E-state index in [4.69, 9.17) is 4.74 Å². The number of carbonyl (C=O) groups excluding carboxylic acids is 1. The van der Waals surface area contributed by atoms with E-state index in [-0.39, 0.29) is 37.4 Å². The van der Waals surface area contributed by atoms with E-state index in [2.05, 4.69) is 30.9 Å². The van der Waals surface area contributed by atoms with Gasteiger partial charge in [-0.3, -0.25) is 10.1 Å². The van der Waals surface area contributed by atoms with Crippen LogP contribution >= 0.6 is 0 Å². The normalized spacial score (nSPS) is 11.0. The van der Waals surface area contributed by atoms with Crippen LogP contribution < -0.4 is 25.6 Å². The molecular weight excluding hydrogens is 627 g/mol. The van der Waals surface area contributed by atoms with Gasteiger partial charge in [-0.05, 0) is 41.5 Å². The third kappa shape index (κ3) is 8.75. The molecule has 48 heavy (non-hydrogen) atoms. The van der Waals surface area contributed by atoms with Crippen LogP contribution in [0.15, 0.2) is 103 Å². The number of alkyl halides is 3. The SMILES string of the molecule is COc1ccccc1NC(=O)Nc1nc(Nc2ccccc2-c2ccccc2)nc(N(CCC(=O)O)Cc2ccc(C(F)(F)F)cc2)n1. The molecule has 0 saturated heterocycles. The molecule has 11 nitrogen and oxygen atoms in total. The second-order valence-electron chi connectivity index (χ2n) is 10.4. The molecule has 0 fully saturated rings. The summed E-state index contributed by atoms with van der Waals surface area (Å²) in [5.74, 6) is -0.881. The van der Waals surface area contributed by atoms with E-state index in [0.29, 0.717) is 22.7 Å². The minimum atomic E-state index is -4.52. The Labute approximate surface area is 273 Å². The zero-order valence-electron chi connectivity index (χ0n) is 25.5. The lowest BCUT2D eigenvalue weighted by atomic mass is 10.0. The molecule has 0 atom stereocenters. The molecule has 0 aliphatic carbocycles. The van der Waals surface area contributed by atoms with Crippen LogP contribution in [-0.4, -0.2) is 45.7 Å². The molecule has 0 saturated carbocycles. The lowest BCUT2D eigenvalue weighted by Gasteiger charge is -2.23. The average molecular weight is 658 g/mol. The molecule has 2 amide bonds. The number of aliphatic carboxylic acids is 1. The van der Waals surface area contributed by atoms with E-state index >= 15 is 0 Å². The number of urea groups is 1. The Kier molecular flexibility index (Phi) is 10.3. The predicted octanol–water partition coefficient (Wildman–Crippen LogP) is 7.43. The van der Waals surface area contributed by atoms with Crippen molar-refractivity contribution in [2.45, 2.75) is 19.1 Å². The summed E-state index contributed by atoms with van der Waals surface area (Å²) in [6.45, 7) is -0.143. The number of aromatic nitrogens is 3. The quantitative estimate of drug-likeness (QED) is 0.108. The first-order chi connectivity index (χ1) is 23.1. The summed E-state index contributed by atoms with van der Waals surface area (Å²) in [5, 5.41) is 17.9. The number of hydrogen-bond acceptors (Lipinski definition) is 8. The second kappa shape index (κ2) is 14.9. The maximum absolute atomic E-state index is 13.2. The van der Waals surface area contributed by atoms with Gasteiger partial charge >= 0.3 is 18.2 Å². The van der Waals surface area contributed by atoms with Gasteiger partial charge in [0.15, 0.2) is 0 Å². The second-order valence-corrected chi connectivity index (χ2v) is 10.4. The Morgan fingerprint density at radius 2 is 1.44 bits per heavy atom. The number of nitrogens with zero attached hydrogens (tertiary/aromatic N) is 4. The summed E-state index contributed by atoms with van der Waals surface area (Å²) in [4.78, 5) is 39.5. The fraction of sp³-hybridized carbons (Fsp3) is 0.147. The summed E-state index contributed by atoms with van der Waals surface area (Å²) in [7, 11) is 1.46. The highest BCUT2D eigenvalue weighted by Crippen LogP contribution is 2.31. The molecule has 0 radical (unpaired) electrons. The molecule has 0 aliphatic heterocycles. The average Bonchev–Trinajstić information content (AvgIpc) is 3.07. The number of anilines is 5. The van der Waals surface area contributed by atoms with Gasteiger partial charge in [-0.1, -0.05) is 72.8 Å². The molecule has 5 aromatic rings. The number of amides is 2. The van der Waals surface area contributed by atoms with Crippen molar-refractivity contribution in [3.05, 3.63) is 114 Å². The van der Waals surface area contributed by atoms with E-state index < -0.39 is 23.7 Å². The van der Waals surface area contributed by atoms with Gasteiger partial charge in [0.25, 0.3) is 0 Å². The number of rotatable bonds is 12. The highest BCUT2D eigenvalue weighted by molar-refractivity contribution is 5.99. The zero-order chi connectivity index (χ0) is 34.1. The first-order valence-electron chi connectivity index (χ1n) is 14.6. The van der Waals surface area contributed by atoms with Crippen molar-refractivity contribution in [1.29, 1.82) is 0 Å². The fourth-order valence-corrected chi connectivity index (χ4v) is 4.70. The van der Waals surface area contributed by atoms with Crippen LogP contribution in [0.1, 0.15) is 17.5 Å². The molecule has 14 heteroatoms. The van der Waals surface area contributed by atoms with Gasteiger partial charge in [0.2, 0.25) is 17.8 Å². The molecule has 1 heterocycles. The van der Waals surface area contributed by atoms with Gasteiger partial charge < -0.3 is 25.4 Å². The van der Waals surface area contributed by atoms with Gasteiger partial charge in [-0.2, -0.15) is 28.1 Å². The Bertz CT molecular complexity index is 1870. The number of hydrogen-bond donors (Lipinski definition) is 4. The fourth-order valence-electron chi connectivity index (χ4n) is 4.70. The molecular formula is C34H30F3N7O4. The van der Waals surface area contributed by atoms with E-state index in [1.54, 1.807) is 24.3 Å². The first kappa shape index (κ1) is 33.2. The Morgan fingerprint density at radius 3 is 2.12 bits per heavy atom. The predicted molar refractivity (Wildman–Crippen MR) is 175 cm³/mol. The number of carboxylic acid groups (broad SMARTS) is 1. The highest BCUT2D eigenvalue weighted by Gasteiger charge is 2.30. The maximum atomic E-state index is 13.2. The summed E-state index contributed by atoms with van der Waals surface area (Å²) in [6.07, 6.45) is -4.85. The molecule has 1 aromatic heterocycles. The zero-order valence-corrected chi connectivity index (χ0v) is 25.5. The van der Waals surface area contributed by atoms with Crippen molar-refractivity contribution in [2.75, 3.05) is 34.5 Å². The number of benzene rings is 4. The lowest BCUT2D eigenvalue weighted by molar-refractivity contribution is -0.138. The van der Waals surface area contributed by atoms with Crippen LogP contribution in [0, 0.1) is 0 Å². The van der Waals surface area contributed by atoms with Crippen molar-refractivity contribution in [3.63, 3.8) is 0 Å². The van der Waals surface area contributed by atoms with E-state index in [9.17, 15) is 27.9 Å². The van der Waals surface area contributed by atoms with E-state index in [1.165, 1.54) is 24.1 Å². The summed E-state index contributed by atoms with van der Waals surface area (Å²) < 4.78 is 44.9. The van der Waals surface area contributed by atoms with Crippen molar-refractivity contribution in [3.8, 4) is 16.9 Å².